The van der Waals surface area contributed by atoms with E-state index in [-0.39, 0.29) is 6.10 Å². The highest BCUT2D eigenvalue weighted by atomic mass is 127. The van der Waals surface area contributed by atoms with E-state index < -0.39 is 0 Å². The largest absolute Gasteiger partial charge is 0.370 e. The predicted molar refractivity (Wildman–Crippen MR) is 75.6 cm³/mol. The summed E-state index contributed by atoms with van der Waals surface area (Å²) in [5.41, 5.74) is 1.35. The average molecular weight is 328 g/mol. The van der Waals surface area contributed by atoms with Crippen molar-refractivity contribution in [1.82, 2.24) is 0 Å². The molecule has 0 fully saturated rings. The first kappa shape index (κ1) is 12.1. The Hall–Kier alpha value is -0.350. The highest BCUT2D eigenvalue weighted by Crippen LogP contribution is 2.18. The summed E-state index contributed by atoms with van der Waals surface area (Å²) in [6, 6.07) is 8.68. The summed E-state index contributed by atoms with van der Waals surface area (Å²) in [5, 5.41) is 0. The summed E-state index contributed by atoms with van der Waals surface area (Å²) >= 11 is 2.33. The average Bonchev–Trinajstić information content (AvgIpc) is 2.32. The molecule has 0 unspecified atom stereocenters. The van der Waals surface area contributed by atoms with Crippen LogP contribution in [0.4, 0.5) is 0 Å². The molecule has 16 heavy (non-hydrogen) atoms. The van der Waals surface area contributed by atoms with Crippen molar-refractivity contribution in [2.24, 2.45) is 0 Å². The minimum absolute atomic E-state index is 0.263. The lowest BCUT2D eigenvalue weighted by Gasteiger charge is -2.25. The van der Waals surface area contributed by atoms with Crippen molar-refractivity contribution in [2.45, 2.75) is 38.4 Å². The Morgan fingerprint density at radius 1 is 1.31 bits per heavy atom. The number of ether oxygens (including phenoxy) is 1. The monoisotopic (exact) mass is 328 g/mol. The maximum absolute atomic E-state index is 5.98. The Balaban J connectivity index is 1.97. The van der Waals surface area contributed by atoms with Gasteiger partial charge in [0.2, 0.25) is 0 Å². The van der Waals surface area contributed by atoms with E-state index in [0.717, 1.165) is 19.3 Å². The number of benzene rings is 1. The Labute approximate surface area is 111 Å². The smallest absolute Gasteiger partial charge is 0.0800 e. The van der Waals surface area contributed by atoms with E-state index in [0.29, 0.717) is 6.10 Å². The lowest BCUT2D eigenvalue weighted by atomic mass is 10.0. The van der Waals surface area contributed by atoms with Crippen molar-refractivity contribution < 1.29 is 4.74 Å². The molecular formula is C14H17IO. The van der Waals surface area contributed by atoms with Crippen molar-refractivity contribution in [1.29, 1.82) is 0 Å². The van der Waals surface area contributed by atoms with Crippen LogP contribution in [0, 0.1) is 3.57 Å². The van der Waals surface area contributed by atoms with Gasteiger partial charge in [0.25, 0.3) is 0 Å². The van der Waals surface area contributed by atoms with Crippen molar-refractivity contribution in [2.75, 3.05) is 0 Å². The Morgan fingerprint density at radius 2 is 2.06 bits per heavy atom. The second-order valence-corrected chi connectivity index (χ2v) is 5.44. The van der Waals surface area contributed by atoms with E-state index in [9.17, 15) is 0 Å². The fourth-order valence-electron chi connectivity index (χ4n) is 1.96. The molecular weight excluding hydrogens is 311 g/mol. The van der Waals surface area contributed by atoms with Gasteiger partial charge in [-0.2, -0.15) is 0 Å². The number of halogens is 1. The second-order valence-electron chi connectivity index (χ2n) is 4.20. The van der Waals surface area contributed by atoms with Crippen molar-refractivity contribution >= 4 is 22.6 Å². The zero-order valence-electron chi connectivity index (χ0n) is 9.53. The molecule has 0 bridgehead atoms. The van der Waals surface area contributed by atoms with Crippen LogP contribution in [0.2, 0.25) is 0 Å². The van der Waals surface area contributed by atoms with Gasteiger partial charge in [-0.05, 0) is 53.1 Å². The summed E-state index contributed by atoms with van der Waals surface area (Å²) in [7, 11) is 0. The van der Waals surface area contributed by atoms with Crippen LogP contribution < -0.4 is 0 Å². The molecule has 2 atom stereocenters. The molecule has 0 amide bonds. The van der Waals surface area contributed by atoms with Gasteiger partial charge in [-0.15, -0.1) is 0 Å². The topological polar surface area (TPSA) is 9.23 Å². The lowest BCUT2D eigenvalue weighted by Crippen LogP contribution is -2.25. The van der Waals surface area contributed by atoms with Gasteiger partial charge in [-0.3, -0.25) is 0 Å². The highest BCUT2D eigenvalue weighted by Gasteiger charge is 2.16. The van der Waals surface area contributed by atoms with Gasteiger partial charge in [-0.1, -0.05) is 31.2 Å². The van der Waals surface area contributed by atoms with Crippen molar-refractivity contribution in [3.8, 4) is 0 Å². The van der Waals surface area contributed by atoms with Crippen LogP contribution in [0.15, 0.2) is 36.4 Å². The number of rotatable bonds is 3. The summed E-state index contributed by atoms with van der Waals surface area (Å²) in [5.74, 6) is 0. The Bertz CT molecular complexity index is 356. The zero-order valence-corrected chi connectivity index (χ0v) is 11.7. The van der Waals surface area contributed by atoms with Gasteiger partial charge in [0.05, 0.1) is 12.2 Å². The Morgan fingerprint density at radius 3 is 2.75 bits per heavy atom. The summed E-state index contributed by atoms with van der Waals surface area (Å²) in [6.07, 6.45) is 8.30. The van der Waals surface area contributed by atoms with Crippen LogP contribution in [-0.2, 0) is 11.2 Å². The fourth-order valence-corrected chi connectivity index (χ4v) is 2.32. The highest BCUT2D eigenvalue weighted by molar-refractivity contribution is 14.1. The van der Waals surface area contributed by atoms with Crippen molar-refractivity contribution in [3.05, 3.63) is 45.6 Å². The van der Waals surface area contributed by atoms with Crippen LogP contribution in [0.3, 0.4) is 0 Å². The first-order chi connectivity index (χ1) is 7.78. The Kier molecular flexibility index (Phi) is 4.41. The quantitative estimate of drug-likeness (QED) is 0.603. The molecule has 2 heteroatoms. The third kappa shape index (κ3) is 3.32. The van der Waals surface area contributed by atoms with Gasteiger partial charge < -0.3 is 4.74 Å². The lowest BCUT2D eigenvalue weighted by molar-refractivity contribution is 0.00495. The van der Waals surface area contributed by atoms with E-state index in [2.05, 4.69) is 65.9 Å². The number of hydrogen-bond acceptors (Lipinski definition) is 1. The molecule has 1 heterocycles. The summed E-state index contributed by atoms with van der Waals surface area (Å²) < 4.78 is 7.27. The van der Waals surface area contributed by atoms with E-state index >= 15 is 0 Å². The third-order valence-electron chi connectivity index (χ3n) is 2.92. The van der Waals surface area contributed by atoms with Gasteiger partial charge in [0.15, 0.2) is 0 Å². The molecule has 0 N–H and O–H groups in total. The standard InChI is InChI=1S/C14H17IO/c1-2-13-4-3-5-14(16-13)10-11-6-8-12(15)9-7-11/h3,5-9,13-14H,2,4,10H2,1H3/t13-,14+/m1/s1. The van der Waals surface area contributed by atoms with E-state index in [1.54, 1.807) is 0 Å². The minimum Gasteiger partial charge on any atom is -0.370 e. The van der Waals surface area contributed by atoms with E-state index in [4.69, 9.17) is 4.74 Å². The molecule has 1 aliphatic rings. The molecule has 0 radical (unpaired) electrons. The zero-order chi connectivity index (χ0) is 11.4. The third-order valence-corrected chi connectivity index (χ3v) is 3.64. The molecule has 0 aliphatic carbocycles. The van der Waals surface area contributed by atoms with Crippen LogP contribution in [0.1, 0.15) is 25.3 Å². The molecule has 1 aromatic rings. The second kappa shape index (κ2) is 5.82. The fraction of sp³-hybridized carbons (Fsp3) is 0.429. The van der Waals surface area contributed by atoms with Crippen LogP contribution >= 0.6 is 22.6 Å². The molecule has 1 aromatic carbocycles. The first-order valence-electron chi connectivity index (χ1n) is 5.84. The normalized spacial score (nSPS) is 24.6. The summed E-state index contributed by atoms with van der Waals surface area (Å²) in [6.45, 7) is 2.19. The van der Waals surface area contributed by atoms with E-state index in [1.165, 1.54) is 9.13 Å². The van der Waals surface area contributed by atoms with Gasteiger partial charge in [-0.25, -0.2) is 0 Å². The van der Waals surface area contributed by atoms with Crippen LogP contribution in [-0.4, -0.2) is 12.2 Å². The minimum atomic E-state index is 0.263. The van der Waals surface area contributed by atoms with Crippen LogP contribution in [0.5, 0.6) is 0 Å². The molecule has 0 saturated carbocycles. The molecule has 0 saturated heterocycles. The first-order valence-corrected chi connectivity index (χ1v) is 6.92. The summed E-state index contributed by atoms with van der Waals surface area (Å²) in [4.78, 5) is 0. The predicted octanol–water partition coefficient (Wildman–Crippen LogP) is 3.96. The number of hydrogen-bond donors (Lipinski definition) is 0. The van der Waals surface area contributed by atoms with Crippen molar-refractivity contribution in [3.63, 3.8) is 0 Å². The molecule has 0 aromatic heterocycles. The maximum Gasteiger partial charge on any atom is 0.0800 e. The van der Waals surface area contributed by atoms with E-state index in [1.807, 2.05) is 0 Å². The van der Waals surface area contributed by atoms with Gasteiger partial charge in [0.1, 0.15) is 0 Å². The molecule has 0 spiro atoms. The molecule has 2 rings (SSSR count). The van der Waals surface area contributed by atoms with Gasteiger partial charge in [0, 0.05) is 9.99 Å². The molecule has 86 valence electrons. The molecule has 1 nitrogen and oxygen atoms in total. The SMILES string of the molecule is CC[C@@H]1CC=C[C@@H](Cc2ccc(I)cc2)O1. The van der Waals surface area contributed by atoms with Crippen LogP contribution in [0.25, 0.3) is 0 Å². The molecule has 1 aliphatic heterocycles. The maximum atomic E-state index is 5.98. The van der Waals surface area contributed by atoms with Gasteiger partial charge >= 0.3 is 0 Å².